The van der Waals surface area contributed by atoms with E-state index >= 15 is 0 Å². The van der Waals surface area contributed by atoms with Crippen molar-refractivity contribution in [2.45, 2.75) is 77.1 Å². The smallest absolute Gasteiger partial charge is 0.207 e. The molecule has 0 N–H and O–H groups in total. The third kappa shape index (κ3) is 4.43. The molecule has 2 fully saturated rings. The molecule has 0 nitrogen and oxygen atoms in total. The fourth-order valence-corrected chi connectivity index (χ4v) is 5.29. The van der Waals surface area contributed by atoms with E-state index in [-0.39, 0.29) is 0 Å². The highest BCUT2D eigenvalue weighted by Crippen LogP contribution is 2.48. The Hall–Kier alpha value is -1.06. The van der Waals surface area contributed by atoms with Gasteiger partial charge in [0.2, 0.25) is 0 Å². The van der Waals surface area contributed by atoms with Gasteiger partial charge in [-0.2, -0.15) is 0 Å². The predicted octanol–water partition coefficient (Wildman–Crippen LogP) is 7.47. The summed E-state index contributed by atoms with van der Waals surface area (Å²) in [4.78, 5) is 0. The Morgan fingerprint density at radius 2 is 1.31 bits per heavy atom. The zero-order valence-corrected chi connectivity index (χ0v) is 15.6. The van der Waals surface area contributed by atoms with Crippen molar-refractivity contribution in [1.29, 1.82) is 0 Å². The van der Waals surface area contributed by atoms with E-state index in [1.165, 1.54) is 38.5 Å². The third-order valence-corrected chi connectivity index (χ3v) is 6.79. The maximum atomic E-state index is 14.8. The number of alkyl halides is 2. The Bertz CT molecular complexity index is 562. The fourth-order valence-electron chi connectivity index (χ4n) is 5.29. The molecule has 4 heteroatoms. The summed E-state index contributed by atoms with van der Waals surface area (Å²) in [5.74, 6) is -3.74. The van der Waals surface area contributed by atoms with Crippen LogP contribution in [0.1, 0.15) is 76.7 Å². The minimum absolute atomic E-state index is 0.449. The van der Waals surface area contributed by atoms with E-state index in [4.69, 9.17) is 0 Å². The van der Waals surface area contributed by atoms with Gasteiger partial charge in [0.25, 0.3) is 5.92 Å². The van der Waals surface area contributed by atoms with Crippen molar-refractivity contribution in [3.05, 3.63) is 35.4 Å². The Kier molecular flexibility index (Phi) is 6.29. The second kappa shape index (κ2) is 8.31. The summed E-state index contributed by atoms with van der Waals surface area (Å²) < 4.78 is 56.2. The van der Waals surface area contributed by atoms with E-state index in [1.807, 2.05) is 0 Å². The Morgan fingerprint density at radius 3 is 1.81 bits per heavy atom. The first kappa shape index (κ1) is 19.7. The SMILES string of the molecule is CCCC1CCC(C2CCC(C(F)(F)c3cc(F)cc(F)c3)CC2)CC1. The summed E-state index contributed by atoms with van der Waals surface area (Å²) in [6.45, 7) is 2.23. The van der Waals surface area contributed by atoms with Crippen LogP contribution in [0.2, 0.25) is 0 Å². The van der Waals surface area contributed by atoms with Crippen LogP contribution in [0.3, 0.4) is 0 Å². The quantitative estimate of drug-likeness (QED) is 0.472. The predicted molar refractivity (Wildman–Crippen MR) is 96.1 cm³/mol. The summed E-state index contributed by atoms with van der Waals surface area (Å²) in [5, 5.41) is 0. The van der Waals surface area contributed by atoms with Crippen LogP contribution in [0, 0.1) is 35.3 Å². The summed E-state index contributed by atoms with van der Waals surface area (Å²) in [6.07, 6.45) is 10.2. The zero-order chi connectivity index (χ0) is 18.7. The van der Waals surface area contributed by atoms with Crippen molar-refractivity contribution < 1.29 is 17.6 Å². The molecular weight excluding hydrogens is 340 g/mol. The molecule has 0 bridgehead atoms. The average molecular weight is 370 g/mol. The first-order valence-corrected chi connectivity index (χ1v) is 10.2. The molecule has 0 amide bonds. The number of rotatable bonds is 5. The van der Waals surface area contributed by atoms with Gasteiger partial charge in [-0.1, -0.05) is 32.6 Å². The van der Waals surface area contributed by atoms with Crippen LogP contribution in [0.5, 0.6) is 0 Å². The van der Waals surface area contributed by atoms with E-state index in [1.54, 1.807) is 0 Å². The van der Waals surface area contributed by atoms with Gasteiger partial charge < -0.3 is 0 Å². The lowest BCUT2D eigenvalue weighted by Gasteiger charge is -2.39. The molecule has 2 aliphatic rings. The molecule has 0 saturated heterocycles. The van der Waals surface area contributed by atoms with Crippen LogP contribution in [-0.2, 0) is 5.92 Å². The Balaban J connectivity index is 1.56. The molecule has 0 atom stereocenters. The van der Waals surface area contributed by atoms with Crippen molar-refractivity contribution in [2.75, 3.05) is 0 Å². The van der Waals surface area contributed by atoms with Gasteiger partial charge >= 0.3 is 0 Å². The molecule has 0 aliphatic heterocycles. The third-order valence-electron chi connectivity index (χ3n) is 6.79. The van der Waals surface area contributed by atoms with E-state index in [0.29, 0.717) is 30.7 Å². The van der Waals surface area contributed by atoms with Crippen LogP contribution in [0.15, 0.2) is 18.2 Å². The molecule has 1 aromatic carbocycles. The normalized spacial score (nSPS) is 30.3. The molecule has 0 aromatic heterocycles. The van der Waals surface area contributed by atoms with E-state index in [2.05, 4.69) is 6.92 Å². The maximum Gasteiger partial charge on any atom is 0.276 e. The molecule has 0 heterocycles. The van der Waals surface area contributed by atoms with Crippen molar-refractivity contribution in [3.8, 4) is 0 Å². The highest BCUT2D eigenvalue weighted by atomic mass is 19.3. The van der Waals surface area contributed by atoms with Crippen LogP contribution in [-0.4, -0.2) is 0 Å². The monoisotopic (exact) mass is 370 g/mol. The highest BCUT2D eigenvalue weighted by molar-refractivity contribution is 5.23. The number of hydrogen-bond donors (Lipinski definition) is 0. The Morgan fingerprint density at radius 1 is 0.808 bits per heavy atom. The molecule has 0 spiro atoms. The van der Waals surface area contributed by atoms with E-state index in [0.717, 1.165) is 30.9 Å². The first-order valence-electron chi connectivity index (χ1n) is 10.2. The van der Waals surface area contributed by atoms with Crippen LogP contribution in [0.25, 0.3) is 0 Å². The molecular formula is C22H30F4. The van der Waals surface area contributed by atoms with Gasteiger partial charge in [-0.15, -0.1) is 0 Å². The minimum Gasteiger partial charge on any atom is -0.207 e. The van der Waals surface area contributed by atoms with Crippen LogP contribution >= 0.6 is 0 Å². The molecule has 26 heavy (non-hydrogen) atoms. The highest BCUT2D eigenvalue weighted by Gasteiger charge is 2.44. The largest absolute Gasteiger partial charge is 0.276 e. The minimum atomic E-state index is -3.16. The van der Waals surface area contributed by atoms with Gasteiger partial charge in [0, 0.05) is 17.5 Å². The summed E-state index contributed by atoms with van der Waals surface area (Å²) >= 11 is 0. The number of halogens is 4. The van der Waals surface area contributed by atoms with Gasteiger partial charge in [0.15, 0.2) is 0 Å². The van der Waals surface area contributed by atoms with Gasteiger partial charge in [-0.3, -0.25) is 0 Å². The fraction of sp³-hybridized carbons (Fsp3) is 0.727. The van der Waals surface area contributed by atoms with Gasteiger partial charge in [-0.05, 0) is 68.4 Å². The molecule has 146 valence electrons. The van der Waals surface area contributed by atoms with Crippen molar-refractivity contribution >= 4 is 0 Å². The first-order chi connectivity index (χ1) is 12.4. The van der Waals surface area contributed by atoms with Gasteiger partial charge in [-0.25, -0.2) is 17.6 Å². The molecule has 2 aliphatic carbocycles. The summed E-state index contributed by atoms with van der Waals surface area (Å²) in [7, 11) is 0. The number of hydrogen-bond acceptors (Lipinski definition) is 0. The molecule has 3 rings (SSSR count). The molecule has 0 unspecified atom stereocenters. The molecule has 0 radical (unpaired) electrons. The van der Waals surface area contributed by atoms with E-state index in [9.17, 15) is 17.6 Å². The average Bonchev–Trinajstić information content (AvgIpc) is 2.62. The van der Waals surface area contributed by atoms with Crippen molar-refractivity contribution in [3.63, 3.8) is 0 Å². The summed E-state index contributed by atoms with van der Waals surface area (Å²) in [5.41, 5.74) is -0.515. The van der Waals surface area contributed by atoms with Crippen LogP contribution in [0.4, 0.5) is 17.6 Å². The van der Waals surface area contributed by atoms with Crippen LogP contribution < -0.4 is 0 Å². The maximum absolute atomic E-state index is 14.8. The zero-order valence-electron chi connectivity index (χ0n) is 15.6. The lowest BCUT2D eigenvalue weighted by molar-refractivity contribution is -0.0857. The van der Waals surface area contributed by atoms with Gasteiger partial charge in [0.05, 0.1) is 0 Å². The summed E-state index contributed by atoms with van der Waals surface area (Å²) in [6, 6.07) is 2.21. The van der Waals surface area contributed by atoms with Crippen molar-refractivity contribution in [1.82, 2.24) is 0 Å². The molecule has 1 aromatic rings. The Labute approximate surface area is 154 Å². The van der Waals surface area contributed by atoms with E-state index < -0.39 is 29.0 Å². The second-order valence-electron chi connectivity index (χ2n) is 8.46. The van der Waals surface area contributed by atoms with Crippen molar-refractivity contribution in [2.24, 2.45) is 23.7 Å². The lowest BCUT2D eigenvalue weighted by atomic mass is 9.67. The second-order valence-corrected chi connectivity index (χ2v) is 8.46. The lowest BCUT2D eigenvalue weighted by Crippen LogP contribution is -2.32. The van der Waals surface area contributed by atoms with Gasteiger partial charge in [0.1, 0.15) is 11.6 Å². The topological polar surface area (TPSA) is 0 Å². The standard InChI is InChI=1S/C22H30F4/c1-2-3-15-4-6-16(7-5-15)17-8-10-18(11-9-17)22(25,26)19-12-20(23)14-21(24)13-19/h12-18H,2-11H2,1H3. The molecule has 2 saturated carbocycles. The number of benzene rings is 1.